The van der Waals surface area contributed by atoms with Gasteiger partial charge in [-0.25, -0.2) is 0 Å². The molecule has 3 nitrogen and oxygen atoms in total. The van der Waals surface area contributed by atoms with Gasteiger partial charge in [-0.05, 0) is 109 Å². The van der Waals surface area contributed by atoms with Crippen LogP contribution < -0.4 is 0 Å². The van der Waals surface area contributed by atoms with Gasteiger partial charge in [0, 0.05) is 28.7 Å². The van der Waals surface area contributed by atoms with Crippen molar-refractivity contribution in [2.24, 2.45) is 0 Å². The Morgan fingerprint density at radius 1 is 0.444 bits per heavy atom. The highest BCUT2D eigenvalue weighted by molar-refractivity contribution is 6.23. The summed E-state index contributed by atoms with van der Waals surface area (Å²) in [5.74, 6) is 0. The summed E-state index contributed by atoms with van der Waals surface area (Å²) in [5, 5.41) is 18.8. The first-order chi connectivity index (χ1) is 22.2. The van der Waals surface area contributed by atoms with Crippen molar-refractivity contribution in [1.82, 2.24) is 4.98 Å². The summed E-state index contributed by atoms with van der Waals surface area (Å²) < 4.78 is 6.05. The van der Waals surface area contributed by atoms with Crippen LogP contribution in [-0.2, 0) is 0 Å². The third kappa shape index (κ3) is 4.01. The maximum absolute atomic E-state index is 9.41. The minimum atomic E-state index is 0.628. The Hall–Kier alpha value is -6.24. The molecule has 9 aromatic rings. The minimum Gasteiger partial charge on any atom is -0.456 e. The van der Waals surface area contributed by atoms with E-state index >= 15 is 0 Å². The van der Waals surface area contributed by atoms with E-state index in [1.807, 2.05) is 36.7 Å². The van der Waals surface area contributed by atoms with Gasteiger partial charge < -0.3 is 4.42 Å². The molecule has 0 aliphatic rings. The van der Waals surface area contributed by atoms with Crippen LogP contribution >= 0.6 is 0 Å². The second-order valence-electron chi connectivity index (χ2n) is 11.5. The Morgan fingerprint density at radius 2 is 1.02 bits per heavy atom. The lowest BCUT2D eigenvalue weighted by atomic mass is 9.88. The van der Waals surface area contributed by atoms with Gasteiger partial charge in [0.2, 0.25) is 0 Å². The molecule has 45 heavy (non-hydrogen) atoms. The van der Waals surface area contributed by atoms with Crippen LogP contribution in [0.4, 0.5) is 0 Å². The van der Waals surface area contributed by atoms with E-state index in [0.29, 0.717) is 5.56 Å². The first kappa shape index (κ1) is 25.3. The summed E-state index contributed by atoms with van der Waals surface area (Å²) in [5.41, 5.74) is 9.17. The SMILES string of the molecule is N#Cc1ccc2oc3ccc(-c4ccc(-c5cc6c7ccccc7c(-c7cccnc7)cc6c6ccccc56)cc4)cc3c2c1. The van der Waals surface area contributed by atoms with Gasteiger partial charge in [0.25, 0.3) is 0 Å². The number of pyridine rings is 1. The zero-order chi connectivity index (χ0) is 29.9. The number of benzene rings is 7. The van der Waals surface area contributed by atoms with E-state index in [-0.39, 0.29) is 0 Å². The Balaban J connectivity index is 1.21. The summed E-state index contributed by atoms with van der Waals surface area (Å²) in [6.45, 7) is 0. The average molecular weight is 573 g/mol. The van der Waals surface area contributed by atoms with Crippen molar-refractivity contribution >= 4 is 54.3 Å². The quantitative estimate of drug-likeness (QED) is 0.198. The highest BCUT2D eigenvalue weighted by atomic mass is 16.3. The lowest BCUT2D eigenvalue weighted by molar-refractivity contribution is 0.669. The van der Waals surface area contributed by atoms with Crippen LogP contribution in [0.15, 0.2) is 150 Å². The van der Waals surface area contributed by atoms with Gasteiger partial charge in [-0.3, -0.25) is 4.98 Å². The zero-order valence-corrected chi connectivity index (χ0v) is 24.2. The topological polar surface area (TPSA) is 49.8 Å². The van der Waals surface area contributed by atoms with Gasteiger partial charge in [-0.1, -0.05) is 84.9 Å². The Kier molecular flexibility index (Phi) is 5.57. The predicted octanol–water partition coefficient (Wildman–Crippen LogP) is 11.3. The molecule has 3 heteroatoms. The Bertz CT molecular complexity index is 2640. The van der Waals surface area contributed by atoms with Gasteiger partial charge in [0.1, 0.15) is 11.2 Å². The van der Waals surface area contributed by atoms with Crippen molar-refractivity contribution in [2.75, 3.05) is 0 Å². The largest absolute Gasteiger partial charge is 0.456 e. The van der Waals surface area contributed by atoms with Gasteiger partial charge in [0.15, 0.2) is 0 Å². The van der Waals surface area contributed by atoms with Crippen LogP contribution in [0.25, 0.3) is 87.6 Å². The summed E-state index contributed by atoms with van der Waals surface area (Å²) in [6, 6.07) is 49.2. The van der Waals surface area contributed by atoms with Crippen molar-refractivity contribution in [3.05, 3.63) is 151 Å². The van der Waals surface area contributed by atoms with Gasteiger partial charge >= 0.3 is 0 Å². The second-order valence-corrected chi connectivity index (χ2v) is 11.5. The molecule has 0 saturated heterocycles. The standard InChI is InChI=1S/C42H24N2O/c43-24-26-11-17-41-39(20-26)40-21-29(16-18-42(40)45-41)27-12-14-28(15-13-27)35-22-37-34-10-4-2-8-32(34)36(30-6-5-19-44-25-30)23-38(37)33-9-3-1-7-31(33)35/h1-23,25H. The number of fused-ring (bicyclic) bond motifs is 8. The molecule has 208 valence electrons. The monoisotopic (exact) mass is 572 g/mol. The van der Waals surface area contributed by atoms with Crippen molar-refractivity contribution in [1.29, 1.82) is 5.26 Å². The number of rotatable bonds is 3. The van der Waals surface area contributed by atoms with E-state index in [9.17, 15) is 5.26 Å². The third-order valence-electron chi connectivity index (χ3n) is 8.98. The van der Waals surface area contributed by atoms with Crippen molar-refractivity contribution in [2.45, 2.75) is 0 Å². The van der Waals surface area contributed by atoms with Gasteiger partial charge in [-0.15, -0.1) is 0 Å². The maximum Gasteiger partial charge on any atom is 0.135 e. The molecule has 7 aromatic carbocycles. The molecule has 0 N–H and O–H groups in total. The van der Waals surface area contributed by atoms with E-state index in [1.165, 1.54) is 49.0 Å². The Labute approximate surface area is 259 Å². The van der Waals surface area contributed by atoms with E-state index in [4.69, 9.17) is 4.42 Å². The summed E-state index contributed by atoms with van der Waals surface area (Å²) >= 11 is 0. The van der Waals surface area contributed by atoms with E-state index in [1.54, 1.807) is 6.07 Å². The fraction of sp³-hybridized carbons (Fsp3) is 0. The summed E-state index contributed by atoms with van der Waals surface area (Å²) in [4.78, 5) is 4.41. The first-order valence-electron chi connectivity index (χ1n) is 15.0. The lowest BCUT2D eigenvalue weighted by Gasteiger charge is -2.16. The van der Waals surface area contributed by atoms with Crippen LogP contribution in [0.3, 0.4) is 0 Å². The van der Waals surface area contributed by atoms with Crippen LogP contribution in [-0.4, -0.2) is 4.98 Å². The fourth-order valence-electron chi connectivity index (χ4n) is 6.82. The minimum absolute atomic E-state index is 0.628. The molecule has 0 radical (unpaired) electrons. The lowest BCUT2D eigenvalue weighted by Crippen LogP contribution is -1.89. The summed E-state index contributed by atoms with van der Waals surface area (Å²) in [6.07, 6.45) is 3.77. The highest BCUT2D eigenvalue weighted by Crippen LogP contribution is 2.42. The molecule has 0 fully saturated rings. The molecule has 0 atom stereocenters. The zero-order valence-electron chi connectivity index (χ0n) is 24.2. The molecular weight excluding hydrogens is 548 g/mol. The van der Waals surface area contributed by atoms with Crippen molar-refractivity contribution < 1.29 is 4.42 Å². The number of hydrogen-bond donors (Lipinski definition) is 0. The highest BCUT2D eigenvalue weighted by Gasteiger charge is 2.15. The molecule has 9 rings (SSSR count). The maximum atomic E-state index is 9.41. The molecule has 0 aliphatic heterocycles. The Morgan fingerprint density at radius 3 is 1.67 bits per heavy atom. The van der Waals surface area contributed by atoms with E-state index in [2.05, 4.69) is 114 Å². The number of furan rings is 1. The van der Waals surface area contributed by atoms with Crippen LogP contribution in [0, 0.1) is 11.3 Å². The average Bonchev–Trinajstić information content (AvgIpc) is 3.48. The van der Waals surface area contributed by atoms with E-state index in [0.717, 1.165) is 38.6 Å². The van der Waals surface area contributed by atoms with Crippen LogP contribution in [0.1, 0.15) is 5.56 Å². The smallest absolute Gasteiger partial charge is 0.135 e. The number of nitrogens with zero attached hydrogens (tertiary/aromatic N) is 2. The normalized spacial score (nSPS) is 11.5. The number of aromatic nitrogens is 1. The molecule has 0 amide bonds. The second kappa shape index (κ2) is 9.91. The molecule has 0 saturated carbocycles. The fourth-order valence-corrected chi connectivity index (χ4v) is 6.82. The first-order valence-corrected chi connectivity index (χ1v) is 15.0. The van der Waals surface area contributed by atoms with E-state index < -0.39 is 0 Å². The molecule has 2 aromatic heterocycles. The van der Waals surface area contributed by atoms with Crippen molar-refractivity contribution in [3.8, 4) is 39.4 Å². The molecule has 0 spiro atoms. The summed E-state index contributed by atoms with van der Waals surface area (Å²) in [7, 11) is 0. The van der Waals surface area contributed by atoms with Crippen molar-refractivity contribution in [3.63, 3.8) is 0 Å². The molecule has 0 aliphatic carbocycles. The van der Waals surface area contributed by atoms with Crippen LogP contribution in [0.5, 0.6) is 0 Å². The molecule has 0 bridgehead atoms. The van der Waals surface area contributed by atoms with Gasteiger partial charge in [-0.2, -0.15) is 5.26 Å². The molecule has 0 unspecified atom stereocenters. The predicted molar refractivity (Wildman–Crippen MR) is 185 cm³/mol. The molecular formula is C42H24N2O. The van der Waals surface area contributed by atoms with Crippen LogP contribution in [0.2, 0.25) is 0 Å². The van der Waals surface area contributed by atoms with Gasteiger partial charge in [0.05, 0.1) is 11.6 Å². The third-order valence-corrected chi connectivity index (χ3v) is 8.98. The number of hydrogen-bond acceptors (Lipinski definition) is 3. The number of nitriles is 1. The molecule has 2 heterocycles.